The molecule has 0 saturated heterocycles. The first kappa shape index (κ1) is 16.1. The number of carbonyl (C=O) groups excluding carboxylic acids is 1. The number of aromatic nitrogens is 2. The second-order valence-electron chi connectivity index (χ2n) is 4.07. The molecule has 1 atom stereocenters. The Bertz CT molecular complexity index is 622. The maximum absolute atomic E-state index is 12.1. The van der Waals surface area contributed by atoms with E-state index in [0.717, 1.165) is 0 Å². The van der Waals surface area contributed by atoms with Gasteiger partial charge in [-0.1, -0.05) is 0 Å². The molecule has 0 aliphatic heterocycles. The quantitative estimate of drug-likeness (QED) is 0.543. The van der Waals surface area contributed by atoms with E-state index in [9.17, 15) is 18.0 Å². The van der Waals surface area contributed by atoms with Gasteiger partial charge in [0.25, 0.3) is 0 Å². The van der Waals surface area contributed by atoms with Crippen LogP contribution < -0.4 is 10.0 Å². The molecule has 0 aromatic carbocycles. The van der Waals surface area contributed by atoms with Crippen molar-refractivity contribution in [3.8, 4) is 0 Å². The van der Waals surface area contributed by atoms with Crippen molar-refractivity contribution < 1.29 is 23.1 Å². The molecule has 0 saturated carbocycles. The smallest absolute Gasteiger partial charge is 0.357 e. The summed E-state index contributed by atoms with van der Waals surface area (Å²) in [6.07, 6.45) is 0. The summed E-state index contributed by atoms with van der Waals surface area (Å²) in [5.41, 5.74) is -0.531. The maximum Gasteiger partial charge on any atom is 0.357 e. The Morgan fingerprint density at radius 1 is 1.45 bits per heavy atom. The highest BCUT2D eigenvalue weighted by atomic mass is 32.2. The van der Waals surface area contributed by atoms with E-state index in [0.29, 0.717) is 6.54 Å². The summed E-state index contributed by atoms with van der Waals surface area (Å²) in [4.78, 5) is 22.0. The molecule has 0 spiro atoms. The summed E-state index contributed by atoms with van der Waals surface area (Å²) in [6.45, 7) is 4.79. The molecule has 4 N–H and O–H groups in total. The number of aromatic carboxylic acids is 1. The molecule has 112 valence electrons. The Kier molecular flexibility index (Phi) is 4.84. The van der Waals surface area contributed by atoms with Crippen LogP contribution >= 0.6 is 0 Å². The predicted molar refractivity (Wildman–Crippen MR) is 68.8 cm³/mol. The van der Waals surface area contributed by atoms with E-state index in [1.165, 1.54) is 13.8 Å². The SMILES string of the molecule is CCNC(=O)C(C)NS(=O)(=O)c1c(C(=O)O)n[nH]c1C. The summed E-state index contributed by atoms with van der Waals surface area (Å²) >= 11 is 0. The fourth-order valence-electron chi connectivity index (χ4n) is 1.57. The number of hydrogen-bond donors (Lipinski definition) is 4. The second kappa shape index (κ2) is 6.01. The van der Waals surface area contributed by atoms with Crippen LogP contribution in [-0.2, 0) is 14.8 Å². The van der Waals surface area contributed by atoms with Gasteiger partial charge in [0.15, 0.2) is 5.69 Å². The summed E-state index contributed by atoms with van der Waals surface area (Å²) in [7, 11) is -4.17. The maximum atomic E-state index is 12.1. The summed E-state index contributed by atoms with van der Waals surface area (Å²) in [5, 5.41) is 17.1. The molecule has 1 heterocycles. The van der Waals surface area contributed by atoms with Crippen LogP contribution in [0.3, 0.4) is 0 Å². The minimum absolute atomic E-state index is 0.0815. The molecule has 1 rings (SSSR count). The highest BCUT2D eigenvalue weighted by Crippen LogP contribution is 2.17. The highest BCUT2D eigenvalue weighted by Gasteiger charge is 2.30. The van der Waals surface area contributed by atoms with Crippen molar-refractivity contribution >= 4 is 21.9 Å². The van der Waals surface area contributed by atoms with Crippen LogP contribution in [-0.4, -0.2) is 48.2 Å². The third kappa shape index (κ3) is 3.33. The number of carboxylic acid groups (broad SMARTS) is 1. The molecular weight excluding hydrogens is 288 g/mol. The Hall–Kier alpha value is -1.94. The molecule has 1 aromatic rings. The van der Waals surface area contributed by atoms with E-state index in [2.05, 4.69) is 20.2 Å². The van der Waals surface area contributed by atoms with Crippen molar-refractivity contribution in [3.63, 3.8) is 0 Å². The van der Waals surface area contributed by atoms with E-state index in [1.807, 2.05) is 0 Å². The minimum atomic E-state index is -4.17. The van der Waals surface area contributed by atoms with Gasteiger partial charge in [0.2, 0.25) is 15.9 Å². The number of aromatic amines is 1. The Labute approximate surface area is 115 Å². The average Bonchev–Trinajstić information content (AvgIpc) is 2.71. The molecule has 1 amide bonds. The van der Waals surface area contributed by atoms with Crippen molar-refractivity contribution in [3.05, 3.63) is 11.4 Å². The first-order chi connectivity index (χ1) is 9.20. The number of nitrogens with one attached hydrogen (secondary N) is 3. The van der Waals surface area contributed by atoms with Gasteiger partial charge in [-0.2, -0.15) is 9.82 Å². The second-order valence-corrected chi connectivity index (χ2v) is 5.72. The molecule has 0 fully saturated rings. The summed E-state index contributed by atoms with van der Waals surface area (Å²) < 4.78 is 26.4. The molecule has 0 bridgehead atoms. The number of hydrogen-bond acceptors (Lipinski definition) is 5. The Morgan fingerprint density at radius 2 is 2.05 bits per heavy atom. The Morgan fingerprint density at radius 3 is 2.55 bits per heavy atom. The van der Waals surface area contributed by atoms with E-state index >= 15 is 0 Å². The van der Waals surface area contributed by atoms with Crippen LogP contribution in [0.4, 0.5) is 0 Å². The molecule has 0 radical (unpaired) electrons. The monoisotopic (exact) mass is 304 g/mol. The average molecular weight is 304 g/mol. The van der Waals surface area contributed by atoms with Crippen molar-refractivity contribution in [2.75, 3.05) is 6.54 Å². The standard InChI is InChI=1S/C10H16N4O5S/c1-4-11-9(15)6(3)14-20(18,19)8-5(2)12-13-7(8)10(16)17/h6,14H,4H2,1-3H3,(H,11,15)(H,12,13)(H,16,17). The van der Waals surface area contributed by atoms with Crippen LogP contribution in [0, 0.1) is 6.92 Å². The number of aryl methyl sites for hydroxylation is 1. The molecule has 20 heavy (non-hydrogen) atoms. The lowest BCUT2D eigenvalue weighted by Gasteiger charge is -2.13. The van der Waals surface area contributed by atoms with Gasteiger partial charge in [-0.15, -0.1) is 0 Å². The van der Waals surface area contributed by atoms with Gasteiger partial charge in [-0.25, -0.2) is 13.2 Å². The molecule has 0 aliphatic carbocycles. The first-order valence-corrected chi connectivity index (χ1v) is 7.27. The van der Waals surface area contributed by atoms with Crippen LogP contribution in [0.5, 0.6) is 0 Å². The van der Waals surface area contributed by atoms with Gasteiger partial charge in [0.1, 0.15) is 4.90 Å². The van der Waals surface area contributed by atoms with Crippen molar-refractivity contribution in [2.24, 2.45) is 0 Å². The number of rotatable bonds is 6. The topological polar surface area (TPSA) is 141 Å². The lowest BCUT2D eigenvalue weighted by molar-refractivity contribution is -0.122. The van der Waals surface area contributed by atoms with Gasteiger partial charge < -0.3 is 10.4 Å². The van der Waals surface area contributed by atoms with Gasteiger partial charge in [-0.05, 0) is 20.8 Å². The van der Waals surface area contributed by atoms with Gasteiger partial charge in [0, 0.05) is 6.54 Å². The zero-order chi connectivity index (χ0) is 15.5. The van der Waals surface area contributed by atoms with Crippen molar-refractivity contribution in [2.45, 2.75) is 31.7 Å². The van der Waals surface area contributed by atoms with E-state index < -0.39 is 38.5 Å². The van der Waals surface area contributed by atoms with Gasteiger partial charge in [-0.3, -0.25) is 9.89 Å². The van der Waals surface area contributed by atoms with E-state index in [1.54, 1.807) is 6.92 Å². The predicted octanol–water partition coefficient (Wildman–Crippen LogP) is -0.781. The third-order valence-corrected chi connectivity index (χ3v) is 4.14. The molecule has 0 aliphatic rings. The number of sulfonamides is 1. The summed E-state index contributed by atoms with van der Waals surface area (Å²) in [6, 6.07) is -1.03. The van der Waals surface area contributed by atoms with Gasteiger partial charge >= 0.3 is 5.97 Å². The van der Waals surface area contributed by atoms with Crippen molar-refractivity contribution in [1.82, 2.24) is 20.2 Å². The Balaban J connectivity index is 3.09. The normalized spacial score (nSPS) is 12.9. The van der Waals surface area contributed by atoms with Gasteiger partial charge in [0.05, 0.1) is 11.7 Å². The molecular formula is C10H16N4O5S. The lowest BCUT2D eigenvalue weighted by Crippen LogP contribution is -2.44. The van der Waals surface area contributed by atoms with E-state index in [4.69, 9.17) is 5.11 Å². The number of carboxylic acids is 1. The lowest BCUT2D eigenvalue weighted by atomic mass is 10.3. The first-order valence-electron chi connectivity index (χ1n) is 5.79. The van der Waals surface area contributed by atoms with Crippen LogP contribution in [0.25, 0.3) is 0 Å². The fourth-order valence-corrected chi connectivity index (χ4v) is 3.09. The zero-order valence-electron chi connectivity index (χ0n) is 11.2. The van der Waals surface area contributed by atoms with Crippen LogP contribution in [0.2, 0.25) is 0 Å². The highest BCUT2D eigenvalue weighted by molar-refractivity contribution is 7.89. The van der Waals surface area contributed by atoms with Crippen molar-refractivity contribution in [1.29, 1.82) is 0 Å². The molecule has 1 aromatic heterocycles. The molecule has 10 heteroatoms. The molecule has 9 nitrogen and oxygen atoms in total. The number of H-pyrrole nitrogens is 1. The fraction of sp³-hybridized carbons (Fsp3) is 0.500. The number of likely N-dealkylation sites (N-methyl/N-ethyl adjacent to an activating group) is 1. The van der Waals surface area contributed by atoms with E-state index in [-0.39, 0.29) is 5.69 Å². The third-order valence-electron chi connectivity index (χ3n) is 2.44. The molecule has 1 unspecified atom stereocenters. The number of nitrogens with zero attached hydrogens (tertiary/aromatic N) is 1. The summed E-state index contributed by atoms with van der Waals surface area (Å²) in [5.74, 6) is -1.98. The zero-order valence-corrected chi connectivity index (χ0v) is 12.0. The number of amides is 1. The number of carbonyl (C=O) groups is 2. The largest absolute Gasteiger partial charge is 0.476 e. The van der Waals surface area contributed by atoms with Crippen LogP contribution in [0.1, 0.15) is 30.0 Å². The minimum Gasteiger partial charge on any atom is -0.476 e. The van der Waals surface area contributed by atoms with Crippen LogP contribution in [0.15, 0.2) is 4.90 Å².